The van der Waals surface area contributed by atoms with Crippen molar-refractivity contribution < 1.29 is 0 Å². The van der Waals surface area contributed by atoms with Gasteiger partial charge in [-0.15, -0.1) is 11.3 Å². The Labute approximate surface area is 67.8 Å². The summed E-state index contributed by atoms with van der Waals surface area (Å²) in [7, 11) is 0. The standard InChI is InChI=1S/C7H4N3S/c1-6(2-9-4-8-1)7-3-11-5-10-7/h1-4H. The fraction of sp³-hybridized carbons (Fsp3) is 0. The van der Waals surface area contributed by atoms with Crippen LogP contribution in [0.25, 0.3) is 11.3 Å². The highest BCUT2D eigenvalue weighted by Crippen LogP contribution is 2.15. The number of aromatic nitrogens is 3. The summed E-state index contributed by atoms with van der Waals surface area (Å²) < 4.78 is 0. The second-order valence-electron chi connectivity index (χ2n) is 1.95. The lowest BCUT2D eigenvalue weighted by Gasteiger charge is -1.90. The van der Waals surface area contributed by atoms with E-state index in [1.165, 1.54) is 17.7 Å². The lowest BCUT2D eigenvalue weighted by Crippen LogP contribution is -1.80. The molecule has 0 saturated heterocycles. The zero-order valence-corrected chi connectivity index (χ0v) is 6.38. The molecule has 2 rings (SSSR count). The van der Waals surface area contributed by atoms with Gasteiger partial charge in [0.15, 0.2) is 5.51 Å². The molecule has 0 atom stereocenters. The van der Waals surface area contributed by atoms with Gasteiger partial charge in [-0.1, -0.05) is 0 Å². The van der Waals surface area contributed by atoms with Gasteiger partial charge in [0.05, 0.1) is 5.69 Å². The number of hydrogen-bond acceptors (Lipinski definition) is 4. The van der Waals surface area contributed by atoms with Gasteiger partial charge in [-0.3, -0.25) is 0 Å². The minimum absolute atomic E-state index is 0.885. The Bertz CT molecular complexity index is 317. The number of hydrogen-bond donors (Lipinski definition) is 0. The van der Waals surface area contributed by atoms with Gasteiger partial charge in [0.25, 0.3) is 0 Å². The minimum Gasteiger partial charge on any atom is -0.244 e. The van der Waals surface area contributed by atoms with Crippen molar-refractivity contribution in [2.24, 2.45) is 0 Å². The van der Waals surface area contributed by atoms with Crippen molar-refractivity contribution in [1.82, 2.24) is 15.0 Å². The highest BCUT2D eigenvalue weighted by molar-refractivity contribution is 7.07. The molecule has 0 N–H and O–H groups in total. The molecule has 4 heteroatoms. The molecule has 11 heavy (non-hydrogen) atoms. The van der Waals surface area contributed by atoms with Crippen molar-refractivity contribution >= 4 is 11.3 Å². The molecule has 2 aromatic rings. The van der Waals surface area contributed by atoms with Crippen molar-refractivity contribution in [3.63, 3.8) is 0 Å². The van der Waals surface area contributed by atoms with Crippen LogP contribution >= 0.6 is 11.3 Å². The molecular formula is C7H4N3S. The SMILES string of the molecule is [c]1nc(-c2cncnc2)cs1. The van der Waals surface area contributed by atoms with Crippen LogP contribution in [0.5, 0.6) is 0 Å². The summed E-state index contributed by atoms with van der Waals surface area (Å²) in [5.74, 6) is 0. The van der Waals surface area contributed by atoms with Crippen molar-refractivity contribution in [3.05, 3.63) is 29.6 Å². The van der Waals surface area contributed by atoms with Gasteiger partial charge >= 0.3 is 0 Å². The Balaban J connectivity index is 2.46. The second kappa shape index (κ2) is 2.75. The summed E-state index contributed by atoms with van der Waals surface area (Å²) in [6.07, 6.45) is 4.96. The Hall–Kier alpha value is -1.29. The average Bonchev–Trinajstić information content (AvgIpc) is 2.58. The molecular weight excluding hydrogens is 158 g/mol. The fourth-order valence-corrected chi connectivity index (χ4v) is 1.25. The minimum atomic E-state index is 0.885. The number of rotatable bonds is 1. The van der Waals surface area contributed by atoms with Crippen LogP contribution in [0.1, 0.15) is 0 Å². The second-order valence-corrected chi connectivity index (χ2v) is 2.61. The van der Waals surface area contributed by atoms with Crippen LogP contribution in [0.15, 0.2) is 24.1 Å². The summed E-state index contributed by atoms with van der Waals surface area (Å²) in [5.41, 5.74) is 4.58. The molecule has 0 aliphatic heterocycles. The van der Waals surface area contributed by atoms with Crippen LogP contribution < -0.4 is 0 Å². The largest absolute Gasteiger partial charge is 0.244 e. The predicted molar refractivity (Wildman–Crippen MR) is 42.0 cm³/mol. The molecule has 0 saturated carbocycles. The van der Waals surface area contributed by atoms with Crippen molar-refractivity contribution in [1.29, 1.82) is 0 Å². The molecule has 2 aromatic heterocycles. The normalized spacial score (nSPS) is 9.82. The van der Waals surface area contributed by atoms with E-state index in [4.69, 9.17) is 0 Å². The van der Waals surface area contributed by atoms with E-state index in [9.17, 15) is 0 Å². The Morgan fingerprint density at radius 2 is 2.09 bits per heavy atom. The van der Waals surface area contributed by atoms with E-state index >= 15 is 0 Å². The van der Waals surface area contributed by atoms with Gasteiger partial charge in [-0.25, -0.2) is 15.0 Å². The third kappa shape index (κ3) is 1.25. The zero-order valence-electron chi connectivity index (χ0n) is 5.56. The maximum Gasteiger partial charge on any atom is 0.152 e. The molecule has 3 nitrogen and oxygen atoms in total. The molecule has 0 spiro atoms. The summed E-state index contributed by atoms with van der Waals surface area (Å²) in [4.78, 5) is 11.8. The predicted octanol–water partition coefficient (Wildman–Crippen LogP) is 1.40. The molecule has 0 aliphatic carbocycles. The molecule has 0 fully saturated rings. The summed E-state index contributed by atoms with van der Waals surface area (Å²) in [5, 5.41) is 1.92. The van der Waals surface area contributed by atoms with Crippen molar-refractivity contribution in [2.45, 2.75) is 0 Å². The topological polar surface area (TPSA) is 38.7 Å². The highest BCUT2D eigenvalue weighted by atomic mass is 32.1. The van der Waals surface area contributed by atoms with Crippen LogP contribution in [-0.4, -0.2) is 15.0 Å². The Morgan fingerprint density at radius 3 is 2.73 bits per heavy atom. The molecule has 0 bridgehead atoms. The van der Waals surface area contributed by atoms with E-state index < -0.39 is 0 Å². The number of nitrogens with zero attached hydrogens (tertiary/aromatic N) is 3. The average molecular weight is 162 g/mol. The third-order valence-electron chi connectivity index (χ3n) is 1.25. The lowest BCUT2D eigenvalue weighted by molar-refractivity contribution is 1.16. The van der Waals surface area contributed by atoms with Gasteiger partial charge in [0.1, 0.15) is 6.33 Å². The zero-order chi connectivity index (χ0) is 7.52. The first-order valence-corrected chi connectivity index (χ1v) is 3.92. The van der Waals surface area contributed by atoms with E-state index in [0.717, 1.165) is 11.3 Å². The van der Waals surface area contributed by atoms with E-state index in [0.29, 0.717) is 0 Å². The first-order valence-electron chi connectivity index (χ1n) is 3.04. The van der Waals surface area contributed by atoms with Crippen LogP contribution in [0.4, 0.5) is 0 Å². The van der Waals surface area contributed by atoms with Crippen LogP contribution in [0.2, 0.25) is 0 Å². The Kier molecular flexibility index (Phi) is 1.61. The highest BCUT2D eigenvalue weighted by Gasteiger charge is 1.97. The smallest absolute Gasteiger partial charge is 0.152 e. The fourth-order valence-electron chi connectivity index (χ4n) is 0.748. The first-order chi connectivity index (χ1) is 5.47. The molecule has 0 aliphatic rings. The van der Waals surface area contributed by atoms with Crippen molar-refractivity contribution in [3.8, 4) is 11.3 Å². The number of thiazole rings is 1. The van der Waals surface area contributed by atoms with Crippen LogP contribution in [0.3, 0.4) is 0 Å². The molecule has 0 aromatic carbocycles. The van der Waals surface area contributed by atoms with E-state index in [1.807, 2.05) is 5.38 Å². The molecule has 1 radical (unpaired) electrons. The maximum absolute atomic E-state index is 4.00. The van der Waals surface area contributed by atoms with Crippen LogP contribution in [-0.2, 0) is 0 Å². The summed E-state index contributed by atoms with van der Waals surface area (Å²) in [6, 6.07) is 0. The van der Waals surface area contributed by atoms with Gasteiger partial charge in [0, 0.05) is 23.3 Å². The van der Waals surface area contributed by atoms with Gasteiger partial charge in [0.2, 0.25) is 0 Å². The van der Waals surface area contributed by atoms with Crippen molar-refractivity contribution in [2.75, 3.05) is 0 Å². The molecule has 2 heterocycles. The molecule has 0 unspecified atom stereocenters. The lowest BCUT2D eigenvalue weighted by atomic mass is 10.3. The molecule has 53 valence electrons. The maximum atomic E-state index is 4.00. The van der Waals surface area contributed by atoms with E-state index in [2.05, 4.69) is 20.5 Å². The summed E-state index contributed by atoms with van der Waals surface area (Å²) in [6.45, 7) is 0. The summed E-state index contributed by atoms with van der Waals surface area (Å²) >= 11 is 1.44. The van der Waals surface area contributed by atoms with Gasteiger partial charge in [-0.05, 0) is 0 Å². The molecule has 0 amide bonds. The first kappa shape index (κ1) is 6.42. The Morgan fingerprint density at radius 1 is 1.27 bits per heavy atom. The quantitative estimate of drug-likeness (QED) is 0.636. The third-order valence-corrected chi connectivity index (χ3v) is 1.78. The van der Waals surface area contributed by atoms with Gasteiger partial charge < -0.3 is 0 Å². The van der Waals surface area contributed by atoms with E-state index in [-0.39, 0.29) is 0 Å². The van der Waals surface area contributed by atoms with E-state index in [1.54, 1.807) is 12.4 Å². The van der Waals surface area contributed by atoms with Crippen LogP contribution in [0, 0.1) is 5.51 Å². The van der Waals surface area contributed by atoms with Gasteiger partial charge in [-0.2, -0.15) is 0 Å². The monoisotopic (exact) mass is 162 g/mol.